The second-order valence-electron chi connectivity index (χ2n) is 8.19. The number of halogens is 3. The Hall–Kier alpha value is -2.50. The molecule has 1 aromatic carbocycles. The van der Waals surface area contributed by atoms with Gasteiger partial charge in [-0.25, -0.2) is 9.48 Å². The summed E-state index contributed by atoms with van der Waals surface area (Å²) in [7, 11) is 0. The van der Waals surface area contributed by atoms with E-state index in [2.05, 4.69) is 46.4 Å². The highest BCUT2D eigenvalue weighted by Gasteiger charge is 2.38. The largest absolute Gasteiger partial charge is 0.490 e. The van der Waals surface area contributed by atoms with E-state index in [9.17, 15) is 18.3 Å². The molecular formula is C22H27F3N4O3S. The van der Waals surface area contributed by atoms with Crippen LogP contribution in [0.2, 0.25) is 0 Å². The highest BCUT2D eigenvalue weighted by atomic mass is 32.1. The van der Waals surface area contributed by atoms with Crippen molar-refractivity contribution in [2.45, 2.75) is 58.0 Å². The Morgan fingerprint density at radius 3 is 2.52 bits per heavy atom. The molecule has 0 spiro atoms. The van der Waals surface area contributed by atoms with Crippen molar-refractivity contribution in [3.05, 3.63) is 46.6 Å². The Morgan fingerprint density at radius 2 is 1.91 bits per heavy atom. The first kappa shape index (κ1) is 25.1. The lowest BCUT2D eigenvalue weighted by Crippen LogP contribution is -2.34. The Balaban J connectivity index is 0.000000383. The molecule has 11 heteroatoms. The summed E-state index contributed by atoms with van der Waals surface area (Å²) in [5.74, 6) is -2.76. The van der Waals surface area contributed by atoms with Gasteiger partial charge in [0.1, 0.15) is 0 Å². The number of aliphatic carboxylic acids is 1. The fourth-order valence-corrected chi connectivity index (χ4v) is 4.95. The molecule has 0 saturated carbocycles. The van der Waals surface area contributed by atoms with Crippen molar-refractivity contribution in [3.8, 4) is 0 Å². The minimum atomic E-state index is -5.08. The average Bonchev–Trinajstić information content (AvgIpc) is 3.32. The standard InChI is InChI=1S/C20H26N4OS.C2HF3O2/c1-14(25)11-16-12-24(22-21-16)17-7-9-23(10-8-17)13-19-15(2)26-20-6-4-3-5-18(19)20;3-2(4,5)1(6)7/h3-6,12,14,17,25H,7-11,13H2,1-2H3;(H,6,7). The fraction of sp³-hybridized carbons (Fsp3) is 0.500. The van der Waals surface area contributed by atoms with Crippen LogP contribution in [0.4, 0.5) is 13.2 Å². The van der Waals surface area contributed by atoms with Gasteiger partial charge in [-0.2, -0.15) is 13.2 Å². The van der Waals surface area contributed by atoms with Crippen molar-refractivity contribution in [1.82, 2.24) is 19.9 Å². The maximum Gasteiger partial charge on any atom is 0.490 e. The third-order valence-electron chi connectivity index (χ3n) is 5.52. The number of carbonyl (C=O) groups is 1. The molecule has 0 radical (unpaired) electrons. The number of piperidine rings is 1. The van der Waals surface area contributed by atoms with Gasteiger partial charge in [0, 0.05) is 41.8 Å². The van der Waals surface area contributed by atoms with Crippen LogP contribution in [0.15, 0.2) is 30.5 Å². The number of nitrogens with zero attached hydrogens (tertiary/aromatic N) is 4. The van der Waals surface area contributed by atoms with Crippen LogP contribution in [-0.4, -0.2) is 61.4 Å². The summed E-state index contributed by atoms with van der Waals surface area (Å²) in [4.78, 5) is 12.9. The fourth-order valence-electron chi connectivity index (χ4n) is 3.87. The zero-order valence-corrected chi connectivity index (χ0v) is 19.2. The van der Waals surface area contributed by atoms with E-state index in [-0.39, 0.29) is 6.10 Å². The van der Waals surface area contributed by atoms with Crippen molar-refractivity contribution in [2.24, 2.45) is 0 Å². The van der Waals surface area contributed by atoms with Crippen LogP contribution in [0.25, 0.3) is 10.1 Å². The second kappa shape index (κ2) is 10.6. The van der Waals surface area contributed by atoms with E-state index < -0.39 is 12.1 Å². The number of rotatable bonds is 5. The maximum atomic E-state index is 10.6. The molecule has 2 N–H and O–H groups in total. The molecule has 7 nitrogen and oxygen atoms in total. The Bertz CT molecular complexity index is 1070. The average molecular weight is 485 g/mol. The van der Waals surface area contributed by atoms with Gasteiger partial charge in [0.15, 0.2) is 0 Å². The van der Waals surface area contributed by atoms with Crippen LogP contribution >= 0.6 is 11.3 Å². The molecule has 4 rings (SSSR count). The van der Waals surface area contributed by atoms with Crippen molar-refractivity contribution in [1.29, 1.82) is 0 Å². The van der Waals surface area contributed by atoms with Crippen LogP contribution in [0.1, 0.15) is 41.9 Å². The van der Waals surface area contributed by atoms with Gasteiger partial charge in [0.05, 0.1) is 17.8 Å². The van der Waals surface area contributed by atoms with E-state index in [4.69, 9.17) is 9.90 Å². The number of fused-ring (bicyclic) bond motifs is 1. The summed E-state index contributed by atoms with van der Waals surface area (Å²) in [5.41, 5.74) is 2.37. The molecule has 1 aliphatic heterocycles. The highest BCUT2D eigenvalue weighted by Crippen LogP contribution is 2.32. The minimum absolute atomic E-state index is 0.370. The van der Waals surface area contributed by atoms with Crippen molar-refractivity contribution < 1.29 is 28.2 Å². The molecule has 0 bridgehead atoms. The molecule has 33 heavy (non-hydrogen) atoms. The normalized spacial score (nSPS) is 16.4. The van der Waals surface area contributed by atoms with Gasteiger partial charge in [0.25, 0.3) is 0 Å². The summed E-state index contributed by atoms with van der Waals surface area (Å²) in [6.07, 6.45) is -0.685. The van der Waals surface area contributed by atoms with Gasteiger partial charge in [-0.1, -0.05) is 23.4 Å². The Labute approximate surface area is 193 Å². The van der Waals surface area contributed by atoms with E-state index in [0.29, 0.717) is 12.5 Å². The lowest BCUT2D eigenvalue weighted by molar-refractivity contribution is -0.192. The van der Waals surface area contributed by atoms with E-state index >= 15 is 0 Å². The maximum absolute atomic E-state index is 10.6. The zero-order valence-electron chi connectivity index (χ0n) is 18.4. The molecule has 180 valence electrons. The van der Waals surface area contributed by atoms with Crippen LogP contribution in [0, 0.1) is 6.92 Å². The second-order valence-corrected chi connectivity index (χ2v) is 9.44. The van der Waals surface area contributed by atoms with Gasteiger partial charge in [-0.3, -0.25) is 4.90 Å². The lowest BCUT2D eigenvalue weighted by atomic mass is 10.0. The van der Waals surface area contributed by atoms with Crippen LogP contribution < -0.4 is 0 Å². The number of aliphatic hydroxyl groups is 1. The minimum Gasteiger partial charge on any atom is -0.475 e. The topological polar surface area (TPSA) is 91.5 Å². The number of hydrogen-bond acceptors (Lipinski definition) is 6. The van der Waals surface area contributed by atoms with Crippen molar-refractivity contribution in [3.63, 3.8) is 0 Å². The number of aromatic nitrogens is 3. The molecule has 1 saturated heterocycles. The quantitative estimate of drug-likeness (QED) is 0.564. The van der Waals surface area contributed by atoms with Crippen LogP contribution in [0.3, 0.4) is 0 Å². The third kappa shape index (κ3) is 6.75. The molecule has 2 aromatic heterocycles. The lowest BCUT2D eigenvalue weighted by Gasteiger charge is -2.31. The number of hydrogen-bond donors (Lipinski definition) is 2. The SMILES string of the molecule is Cc1sc2ccccc2c1CN1CCC(n2cc(CC(C)O)nn2)CC1.O=C(O)C(F)(F)F. The Morgan fingerprint density at radius 1 is 1.27 bits per heavy atom. The van der Waals surface area contributed by atoms with E-state index in [0.717, 1.165) is 38.2 Å². The first-order valence-corrected chi connectivity index (χ1v) is 11.4. The highest BCUT2D eigenvalue weighted by molar-refractivity contribution is 7.19. The molecule has 0 amide bonds. The van der Waals surface area contributed by atoms with Crippen molar-refractivity contribution in [2.75, 3.05) is 13.1 Å². The van der Waals surface area contributed by atoms with Gasteiger partial charge in [0.2, 0.25) is 0 Å². The van der Waals surface area contributed by atoms with Gasteiger partial charge < -0.3 is 10.2 Å². The number of likely N-dealkylation sites (tertiary alicyclic amines) is 1. The van der Waals surface area contributed by atoms with Gasteiger partial charge >= 0.3 is 12.1 Å². The van der Waals surface area contributed by atoms with Gasteiger partial charge in [-0.15, -0.1) is 16.4 Å². The van der Waals surface area contributed by atoms with Gasteiger partial charge in [-0.05, 0) is 43.7 Å². The molecule has 3 heterocycles. The summed E-state index contributed by atoms with van der Waals surface area (Å²) >= 11 is 1.90. The number of alkyl halides is 3. The van der Waals surface area contributed by atoms with Crippen molar-refractivity contribution >= 4 is 27.4 Å². The van der Waals surface area contributed by atoms with E-state index in [1.54, 1.807) is 6.92 Å². The molecule has 0 aliphatic carbocycles. The van der Waals surface area contributed by atoms with E-state index in [1.165, 1.54) is 20.5 Å². The number of carboxylic acids is 1. The predicted molar refractivity (Wildman–Crippen MR) is 119 cm³/mol. The number of aliphatic hydroxyl groups excluding tert-OH is 1. The zero-order chi connectivity index (χ0) is 24.2. The smallest absolute Gasteiger partial charge is 0.475 e. The summed E-state index contributed by atoms with van der Waals surface area (Å²) in [6.45, 7) is 7.23. The predicted octanol–water partition coefficient (Wildman–Crippen LogP) is 4.19. The van der Waals surface area contributed by atoms with Crippen LogP contribution in [0.5, 0.6) is 0 Å². The number of carboxylic acid groups (broad SMARTS) is 1. The summed E-state index contributed by atoms with van der Waals surface area (Å²) in [6, 6.07) is 9.15. The third-order valence-corrected chi connectivity index (χ3v) is 6.65. The van der Waals surface area contributed by atoms with E-state index in [1.807, 2.05) is 22.2 Å². The molecule has 1 unspecified atom stereocenters. The summed E-state index contributed by atoms with van der Waals surface area (Å²) < 4.78 is 35.1. The Kier molecular flexibility index (Phi) is 8.09. The number of benzene rings is 1. The monoisotopic (exact) mass is 484 g/mol. The molecule has 1 aliphatic rings. The van der Waals surface area contributed by atoms with Crippen LogP contribution in [-0.2, 0) is 17.8 Å². The first-order chi connectivity index (χ1) is 15.5. The number of aryl methyl sites for hydroxylation is 1. The molecule has 3 aromatic rings. The summed E-state index contributed by atoms with van der Waals surface area (Å²) in [5, 5.41) is 26.5. The molecule has 1 fully saturated rings. The molecular weight excluding hydrogens is 457 g/mol. The molecule has 1 atom stereocenters. The number of thiophene rings is 1. The first-order valence-electron chi connectivity index (χ1n) is 10.6.